The van der Waals surface area contributed by atoms with Gasteiger partial charge in [0.1, 0.15) is 18.6 Å². The fourth-order valence-corrected chi connectivity index (χ4v) is 4.83. The van der Waals surface area contributed by atoms with E-state index in [-0.39, 0.29) is 0 Å². The van der Waals surface area contributed by atoms with E-state index in [9.17, 15) is 4.57 Å². The van der Waals surface area contributed by atoms with Crippen LogP contribution in [0.3, 0.4) is 0 Å². The Labute approximate surface area is 132 Å². The molecule has 2 aromatic carbocycles. The van der Waals surface area contributed by atoms with Gasteiger partial charge in [0.2, 0.25) is 0 Å². The Balaban J connectivity index is 2.78. The maximum Gasteiger partial charge on any atom is 0.130 e. The van der Waals surface area contributed by atoms with Gasteiger partial charge in [0.15, 0.2) is 0 Å². The summed E-state index contributed by atoms with van der Waals surface area (Å²) < 4.78 is 24.3. The van der Waals surface area contributed by atoms with Crippen molar-refractivity contribution in [3.05, 3.63) is 42.5 Å². The van der Waals surface area contributed by atoms with Crippen molar-refractivity contribution < 1.29 is 14.0 Å². The molecule has 0 radical (unpaired) electrons. The zero-order valence-electron chi connectivity index (χ0n) is 13.6. The third-order valence-electron chi connectivity index (χ3n) is 4.06. The van der Waals surface area contributed by atoms with Crippen LogP contribution in [-0.4, -0.2) is 26.5 Å². The van der Waals surface area contributed by atoms with E-state index < -0.39 is 7.14 Å². The van der Waals surface area contributed by atoms with E-state index >= 15 is 0 Å². The monoisotopic (exact) mass is 318 g/mol. The van der Waals surface area contributed by atoms with Crippen LogP contribution in [0.15, 0.2) is 42.5 Å². The van der Waals surface area contributed by atoms with E-state index in [4.69, 9.17) is 9.47 Å². The number of hydrogen-bond acceptors (Lipinski definition) is 3. The lowest BCUT2D eigenvalue weighted by atomic mass is 10.0. The van der Waals surface area contributed by atoms with E-state index in [1.165, 1.54) is 0 Å². The molecule has 118 valence electrons. The van der Waals surface area contributed by atoms with Gasteiger partial charge >= 0.3 is 0 Å². The van der Waals surface area contributed by atoms with Crippen LogP contribution in [0.2, 0.25) is 0 Å². The largest absolute Gasteiger partial charge is 0.496 e. The Hall–Kier alpha value is -1.73. The predicted molar refractivity (Wildman–Crippen MR) is 93.3 cm³/mol. The molecule has 3 nitrogen and oxygen atoms in total. The summed E-state index contributed by atoms with van der Waals surface area (Å²) in [4.78, 5) is 0. The van der Waals surface area contributed by atoms with Crippen LogP contribution in [0.4, 0.5) is 0 Å². The maximum atomic E-state index is 13.3. The van der Waals surface area contributed by atoms with E-state index in [1.807, 2.05) is 56.3 Å². The first-order chi connectivity index (χ1) is 10.6. The van der Waals surface area contributed by atoms with Gasteiger partial charge in [-0.05, 0) is 17.7 Å². The van der Waals surface area contributed by atoms with Gasteiger partial charge in [-0.25, -0.2) is 0 Å². The van der Waals surface area contributed by atoms with Gasteiger partial charge in [-0.2, -0.15) is 0 Å². The molecular formula is C18H23O3P. The fraction of sp³-hybridized carbons (Fsp3) is 0.333. The van der Waals surface area contributed by atoms with E-state index in [0.717, 1.165) is 27.9 Å². The van der Waals surface area contributed by atoms with Crippen LogP contribution >= 0.6 is 7.14 Å². The number of rotatable bonds is 6. The van der Waals surface area contributed by atoms with Crippen LogP contribution in [0.25, 0.3) is 11.1 Å². The van der Waals surface area contributed by atoms with Crippen LogP contribution in [0, 0.1) is 0 Å². The van der Waals surface area contributed by atoms with Crippen molar-refractivity contribution in [1.29, 1.82) is 0 Å². The summed E-state index contributed by atoms with van der Waals surface area (Å²) in [5, 5.41) is 0.905. The van der Waals surface area contributed by atoms with Gasteiger partial charge in [-0.15, -0.1) is 0 Å². The van der Waals surface area contributed by atoms with Crippen LogP contribution < -0.4 is 14.8 Å². The minimum Gasteiger partial charge on any atom is -0.496 e. The van der Waals surface area contributed by atoms with Crippen molar-refractivity contribution in [3.8, 4) is 22.6 Å². The highest BCUT2D eigenvalue weighted by molar-refractivity contribution is 7.71. The molecular weight excluding hydrogens is 295 g/mol. The Morgan fingerprint density at radius 3 is 1.91 bits per heavy atom. The summed E-state index contributed by atoms with van der Waals surface area (Å²) in [6.07, 6.45) is 1.30. The Kier molecular flexibility index (Phi) is 5.31. The van der Waals surface area contributed by atoms with E-state index in [1.54, 1.807) is 14.2 Å². The number of hydrogen-bond donors (Lipinski definition) is 0. The van der Waals surface area contributed by atoms with Crippen LogP contribution in [-0.2, 0) is 4.57 Å². The fourth-order valence-electron chi connectivity index (χ4n) is 2.72. The lowest BCUT2D eigenvalue weighted by molar-refractivity contribution is 0.397. The molecule has 0 saturated carbocycles. The molecule has 0 aliphatic rings. The SMILES string of the molecule is CCP(=O)(CC)c1ccccc1-c1c(OC)cccc1OC. The molecule has 0 fully saturated rings. The number of benzene rings is 2. The molecule has 0 aliphatic heterocycles. The molecule has 0 bridgehead atoms. The van der Waals surface area contributed by atoms with Crippen molar-refractivity contribution in [2.75, 3.05) is 26.5 Å². The predicted octanol–water partition coefficient (Wildman–Crippen LogP) is 4.40. The molecule has 0 N–H and O–H groups in total. The third-order valence-corrected chi connectivity index (χ3v) is 7.37. The summed E-state index contributed by atoms with van der Waals surface area (Å²) >= 11 is 0. The van der Waals surface area contributed by atoms with Crippen molar-refractivity contribution in [3.63, 3.8) is 0 Å². The summed E-state index contributed by atoms with van der Waals surface area (Å²) in [6.45, 7) is 3.97. The first kappa shape index (κ1) is 16.6. The molecule has 0 saturated heterocycles. The molecule has 0 atom stereocenters. The normalized spacial score (nSPS) is 11.3. The minimum absolute atomic E-state index is 0.651. The van der Waals surface area contributed by atoms with Crippen molar-refractivity contribution in [2.45, 2.75) is 13.8 Å². The van der Waals surface area contributed by atoms with Gasteiger partial charge in [0.25, 0.3) is 0 Å². The van der Waals surface area contributed by atoms with Gasteiger partial charge < -0.3 is 14.0 Å². The molecule has 2 rings (SSSR count). The summed E-state index contributed by atoms with van der Waals surface area (Å²) in [5.41, 5.74) is 1.80. The average molecular weight is 318 g/mol. The molecule has 0 spiro atoms. The summed E-state index contributed by atoms with van der Waals surface area (Å²) in [5.74, 6) is 1.45. The van der Waals surface area contributed by atoms with Crippen LogP contribution in [0.1, 0.15) is 13.8 Å². The highest BCUT2D eigenvalue weighted by Gasteiger charge is 2.26. The maximum absolute atomic E-state index is 13.3. The smallest absolute Gasteiger partial charge is 0.130 e. The Morgan fingerprint density at radius 1 is 0.864 bits per heavy atom. The lowest BCUT2D eigenvalue weighted by Gasteiger charge is -2.21. The molecule has 0 unspecified atom stereocenters. The van der Waals surface area contributed by atoms with Gasteiger partial charge in [-0.3, -0.25) is 0 Å². The summed E-state index contributed by atoms with van der Waals surface area (Å²) in [6, 6.07) is 13.6. The zero-order valence-corrected chi connectivity index (χ0v) is 14.5. The van der Waals surface area contributed by atoms with Gasteiger partial charge in [0.05, 0.1) is 19.8 Å². The second-order valence-corrected chi connectivity index (χ2v) is 8.60. The van der Waals surface area contributed by atoms with Gasteiger partial charge in [-0.1, -0.05) is 44.2 Å². The van der Waals surface area contributed by atoms with E-state index in [2.05, 4.69) is 0 Å². The average Bonchev–Trinajstić information content (AvgIpc) is 2.60. The second kappa shape index (κ2) is 7.02. The third kappa shape index (κ3) is 2.91. The zero-order chi connectivity index (χ0) is 16.2. The van der Waals surface area contributed by atoms with Crippen molar-refractivity contribution in [1.82, 2.24) is 0 Å². The standard InChI is InChI=1S/C18H23O3P/c1-5-22(19,6-2)17-13-8-7-10-14(17)18-15(20-3)11-9-12-16(18)21-4/h7-13H,5-6H2,1-4H3. The first-order valence-electron chi connectivity index (χ1n) is 7.50. The second-order valence-electron chi connectivity index (χ2n) is 5.08. The lowest BCUT2D eigenvalue weighted by Crippen LogP contribution is -2.12. The highest BCUT2D eigenvalue weighted by atomic mass is 31.2. The molecule has 22 heavy (non-hydrogen) atoms. The number of ether oxygens (including phenoxy) is 2. The molecule has 2 aromatic rings. The minimum atomic E-state index is -2.41. The first-order valence-corrected chi connectivity index (χ1v) is 9.58. The molecule has 0 heterocycles. The van der Waals surface area contributed by atoms with Crippen molar-refractivity contribution >= 4 is 12.4 Å². The summed E-state index contributed by atoms with van der Waals surface area (Å²) in [7, 11) is 0.870. The van der Waals surface area contributed by atoms with Gasteiger partial charge in [0, 0.05) is 17.6 Å². The van der Waals surface area contributed by atoms with E-state index in [0.29, 0.717) is 12.3 Å². The molecule has 4 heteroatoms. The topological polar surface area (TPSA) is 35.5 Å². The molecule has 0 aliphatic carbocycles. The quantitative estimate of drug-likeness (QED) is 0.741. The highest BCUT2D eigenvalue weighted by Crippen LogP contribution is 2.48. The number of methoxy groups -OCH3 is 2. The Bertz CT molecular complexity index is 664. The van der Waals surface area contributed by atoms with Crippen molar-refractivity contribution in [2.24, 2.45) is 0 Å². The molecule has 0 aromatic heterocycles. The van der Waals surface area contributed by atoms with Crippen LogP contribution in [0.5, 0.6) is 11.5 Å². The Morgan fingerprint density at radius 2 is 1.41 bits per heavy atom. The molecule has 0 amide bonds.